The van der Waals surface area contributed by atoms with Crippen LogP contribution in [0, 0.1) is 6.92 Å². The summed E-state index contributed by atoms with van der Waals surface area (Å²) in [6, 6.07) is 5.22. The standard InChI is InChI=1S/C10H13N3O.BrH/c1-7-6-8(14)2-3-9(7)13-10-11-4-5-12-10;/h2-3,6,14H,4-5H2,1H3,(H2,11,12,13);1H. The Morgan fingerprint density at radius 1 is 1.47 bits per heavy atom. The summed E-state index contributed by atoms with van der Waals surface area (Å²) in [7, 11) is 0. The molecule has 0 saturated heterocycles. The molecule has 0 atom stereocenters. The Labute approximate surface area is 99.2 Å². The van der Waals surface area contributed by atoms with Gasteiger partial charge in [0.2, 0.25) is 0 Å². The first-order valence-electron chi connectivity index (χ1n) is 4.61. The van der Waals surface area contributed by atoms with Crippen LogP contribution < -0.4 is 10.6 Å². The second-order valence-corrected chi connectivity index (χ2v) is 3.28. The number of halogens is 1. The Kier molecular flexibility index (Phi) is 3.96. The molecule has 0 fully saturated rings. The highest BCUT2D eigenvalue weighted by atomic mass is 79.9. The zero-order valence-corrected chi connectivity index (χ0v) is 10.2. The molecule has 5 heteroatoms. The summed E-state index contributed by atoms with van der Waals surface area (Å²) in [6.45, 7) is 3.65. The number of nitrogens with zero attached hydrogens (tertiary/aromatic N) is 1. The van der Waals surface area contributed by atoms with Crippen molar-refractivity contribution >= 4 is 28.6 Å². The quantitative estimate of drug-likeness (QED) is 0.681. The number of guanidine groups is 1. The minimum absolute atomic E-state index is 0. The van der Waals surface area contributed by atoms with Crippen molar-refractivity contribution < 1.29 is 5.11 Å². The molecule has 0 radical (unpaired) electrons. The molecular formula is C10H14BrN3O. The molecule has 1 aliphatic rings. The largest absolute Gasteiger partial charge is 0.508 e. The Balaban J connectivity index is 0.00000112. The highest BCUT2D eigenvalue weighted by Gasteiger charge is 2.06. The topological polar surface area (TPSA) is 56.6 Å². The van der Waals surface area contributed by atoms with Gasteiger partial charge < -0.3 is 15.7 Å². The zero-order chi connectivity index (χ0) is 9.97. The number of anilines is 1. The van der Waals surface area contributed by atoms with Crippen molar-refractivity contribution in [2.24, 2.45) is 4.99 Å². The van der Waals surface area contributed by atoms with Crippen LogP contribution in [0.15, 0.2) is 23.2 Å². The van der Waals surface area contributed by atoms with E-state index in [0.29, 0.717) is 0 Å². The fourth-order valence-corrected chi connectivity index (χ4v) is 1.40. The lowest BCUT2D eigenvalue weighted by Crippen LogP contribution is -2.26. The SMILES string of the molecule is Br.Cc1cc(O)ccc1NC1=NCCN1. The van der Waals surface area contributed by atoms with Crippen molar-refractivity contribution in [2.45, 2.75) is 6.92 Å². The van der Waals surface area contributed by atoms with Gasteiger partial charge in [-0.3, -0.25) is 4.99 Å². The zero-order valence-electron chi connectivity index (χ0n) is 8.45. The van der Waals surface area contributed by atoms with Crippen LogP contribution in [0.2, 0.25) is 0 Å². The van der Waals surface area contributed by atoms with Crippen molar-refractivity contribution in [2.75, 3.05) is 18.4 Å². The van der Waals surface area contributed by atoms with E-state index in [-0.39, 0.29) is 22.7 Å². The minimum atomic E-state index is 0. The lowest BCUT2D eigenvalue weighted by atomic mass is 10.2. The second kappa shape index (κ2) is 5.02. The highest BCUT2D eigenvalue weighted by Crippen LogP contribution is 2.19. The number of aliphatic imine (C=N–C) groups is 1. The fourth-order valence-electron chi connectivity index (χ4n) is 1.40. The van der Waals surface area contributed by atoms with Gasteiger partial charge in [0.05, 0.1) is 6.54 Å². The van der Waals surface area contributed by atoms with Crippen LogP contribution in [0.25, 0.3) is 0 Å². The van der Waals surface area contributed by atoms with Crippen LogP contribution >= 0.6 is 17.0 Å². The van der Waals surface area contributed by atoms with Gasteiger partial charge in [-0.25, -0.2) is 0 Å². The molecule has 3 N–H and O–H groups in total. The number of aryl methyl sites for hydroxylation is 1. The Morgan fingerprint density at radius 3 is 2.87 bits per heavy atom. The molecule has 0 bridgehead atoms. The highest BCUT2D eigenvalue weighted by molar-refractivity contribution is 8.93. The van der Waals surface area contributed by atoms with Crippen LogP contribution in [0.3, 0.4) is 0 Å². The second-order valence-electron chi connectivity index (χ2n) is 3.28. The molecular weight excluding hydrogens is 258 g/mol. The first-order valence-corrected chi connectivity index (χ1v) is 4.61. The molecule has 0 spiro atoms. The number of aromatic hydroxyl groups is 1. The summed E-state index contributed by atoms with van der Waals surface area (Å²) in [6.07, 6.45) is 0. The summed E-state index contributed by atoms with van der Waals surface area (Å²) in [4.78, 5) is 4.23. The van der Waals surface area contributed by atoms with Gasteiger partial charge in [-0.2, -0.15) is 0 Å². The van der Waals surface area contributed by atoms with E-state index in [4.69, 9.17) is 0 Å². The van der Waals surface area contributed by atoms with E-state index in [0.717, 1.165) is 30.3 Å². The number of benzene rings is 1. The van der Waals surface area contributed by atoms with E-state index < -0.39 is 0 Å². The van der Waals surface area contributed by atoms with Gasteiger partial charge in [0.25, 0.3) is 0 Å². The molecule has 1 heterocycles. The molecule has 2 rings (SSSR count). The van der Waals surface area contributed by atoms with E-state index >= 15 is 0 Å². The van der Waals surface area contributed by atoms with Crippen molar-refractivity contribution in [1.82, 2.24) is 5.32 Å². The first kappa shape index (κ1) is 11.8. The number of hydrogen-bond donors (Lipinski definition) is 3. The Bertz CT molecular complexity index is 379. The number of nitrogens with one attached hydrogen (secondary N) is 2. The summed E-state index contributed by atoms with van der Waals surface area (Å²) < 4.78 is 0. The predicted octanol–water partition coefficient (Wildman–Crippen LogP) is 1.65. The van der Waals surface area contributed by atoms with Crippen molar-refractivity contribution in [3.8, 4) is 5.75 Å². The normalized spacial score (nSPS) is 13.8. The minimum Gasteiger partial charge on any atom is -0.508 e. The predicted molar refractivity (Wildman–Crippen MR) is 67.1 cm³/mol. The first-order chi connectivity index (χ1) is 6.75. The molecule has 82 valence electrons. The van der Waals surface area contributed by atoms with Gasteiger partial charge >= 0.3 is 0 Å². The number of phenolic OH excluding ortho intramolecular Hbond substituents is 1. The number of hydrogen-bond acceptors (Lipinski definition) is 4. The molecule has 0 unspecified atom stereocenters. The van der Waals surface area contributed by atoms with Crippen molar-refractivity contribution in [1.29, 1.82) is 0 Å². The fraction of sp³-hybridized carbons (Fsp3) is 0.300. The molecule has 4 nitrogen and oxygen atoms in total. The third-order valence-electron chi connectivity index (χ3n) is 2.14. The van der Waals surface area contributed by atoms with Crippen LogP contribution in [-0.4, -0.2) is 24.2 Å². The number of rotatable bonds is 1. The molecule has 0 aliphatic carbocycles. The van der Waals surface area contributed by atoms with E-state index in [1.54, 1.807) is 12.1 Å². The van der Waals surface area contributed by atoms with Gasteiger partial charge in [0.1, 0.15) is 5.75 Å². The average Bonchev–Trinajstić information content (AvgIpc) is 2.62. The molecule has 0 aromatic heterocycles. The van der Waals surface area contributed by atoms with Crippen LogP contribution in [0.5, 0.6) is 5.75 Å². The summed E-state index contributed by atoms with van der Waals surface area (Å²) in [5, 5.41) is 15.5. The summed E-state index contributed by atoms with van der Waals surface area (Å²) in [5.74, 6) is 1.09. The van der Waals surface area contributed by atoms with Gasteiger partial charge in [-0.05, 0) is 30.7 Å². The molecule has 1 aromatic carbocycles. The van der Waals surface area contributed by atoms with Crippen molar-refractivity contribution in [3.63, 3.8) is 0 Å². The lowest BCUT2D eigenvalue weighted by Gasteiger charge is -2.09. The maximum atomic E-state index is 9.22. The van der Waals surface area contributed by atoms with E-state index in [1.807, 2.05) is 13.0 Å². The smallest absolute Gasteiger partial charge is 0.195 e. The monoisotopic (exact) mass is 271 g/mol. The third-order valence-corrected chi connectivity index (χ3v) is 2.14. The molecule has 0 saturated carbocycles. The third kappa shape index (κ3) is 2.86. The van der Waals surface area contributed by atoms with Gasteiger partial charge in [-0.15, -0.1) is 17.0 Å². The van der Waals surface area contributed by atoms with Crippen LogP contribution in [-0.2, 0) is 0 Å². The summed E-state index contributed by atoms with van der Waals surface area (Å²) >= 11 is 0. The number of phenols is 1. The van der Waals surface area contributed by atoms with Gasteiger partial charge in [0, 0.05) is 12.2 Å². The molecule has 15 heavy (non-hydrogen) atoms. The Hall–Kier alpha value is -1.23. The maximum Gasteiger partial charge on any atom is 0.195 e. The molecule has 0 amide bonds. The maximum absolute atomic E-state index is 9.22. The van der Waals surface area contributed by atoms with E-state index in [1.165, 1.54) is 0 Å². The van der Waals surface area contributed by atoms with Crippen LogP contribution in [0.4, 0.5) is 5.69 Å². The van der Waals surface area contributed by atoms with E-state index in [2.05, 4.69) is 15.6 Å². The summed E-state index contributed by atoms with van der Waals surface area (Å²) in [5.41, 5.74) is 1.97. The molecule has 1 aliphatic heterocycles. The van der Waals surface area contributed by atoms with Crippen LogP contribution in [0.1, 0.15) is 5.56 Å². The molecule has 1 aromatic rings. The average molecular weight is 272 g/mol. The van der Waals surface area contributed by atoms with Gasteiger partial charge in [0.15, 0.2) is 5.96 Å². The Morgan fingerprint density at radius 2 is 2.27 bits per heavy atom. The van der Waals surface area contributed by atoms with E-state index in [9.17, 15) is 5.11 Å². The lowest BCUT2D eigenvalue weighted by molar-refractivity contribution is 0.475. The van der Waals surface area contributed by atoms with Crippen molar-refractivity contribution in [3.05, 3.63) is 23.8 Å². The van der Waals surface area contributed by atoms with Gasteiger partial charge in [-0.1, -0.05) is 0 Å².